The highest BCUT2D eigenvalue weighted by Crippen LogP contribution is 2.32. The number of piperazine rings is 1. The average Bonchev–Trinajstić information content (AvgIpc) is 3.31. The van der Waals surface area contributed by atoms with Crippen molar-refractivity contribution in [3.05, 3.63) is 66.1 Å². The fourth-order valence-electron chi connectivity index (χ4n) is 3.79. The zero-order chi connectivity index (χ0) is 22.6. The summed E-state index contributed by atoms with van der Waals surface area (Å²) in [5, 5.41) is 3.22. The van der Waals surface area contributed by atoms with E-state index in [9.17, 15) is 4.79 Å². The Kier molecular flexibility index (Phi) is 5.75. The van der Waals surface area contributed by atoms with Crippen molar-refractivity contribution in [3.63, 3.8) is 0 Å². The molecular weight excluding hydrogens is 420 g/mol. The van der Waals surface area contributed by atoms with Gasteiger partial charge in [-0.3, -0.25) is 4.79 Å². The van der Waals surface area contributed by atoms with Gasteiger partial charge in [0, 0.05) is 44.5 Å². The number of pyridine rings is 1. The summed E-state index contributed by atoms with van der Waals surface area (Å²) in [5.74, 6) is 4.36. The molecule has 0 atom stereocenters. The Balaban J connectivity index is 1.20. The van der Waals surface area contributed by atoms with Gasteiger partial charge in [-0.1, -0.05) is 12.1 Å². The lowest BCUT2D eigenvalue weighted by Crippen LogP contribution is -2.48. The number of nitrogens with zero attached hydrogens (tertiary/aromatic N) is 5. The number of aromatic nitrogens is 3. The van der Waals surface area contributed by atoms with E-state index in [0.717, 1.165) is 22.9 Å². The van der Waals surface area contributed by atoms with Crippen LogP contribution in [0.1, 0.15) is 11.4 Å². The van der Waals surface area contributed by atoms with Gasteiger partial charge in [0.15, 0.2) is 11.5 Å². The first-order valence-corrected chi connectivity index (χ1v) is 10.8. The van der Waals surface area contributed by atoms with Gasteiger partial charge in [-0.05, 0) is 42.8 Å². The quantitative estimate of drug-likeness (QED) is 0.601. The Morgan fingerprint density at radius 3 is 2.67 bits per heavy atom. The Morgan fingerprint density at radius 2 is 1.85 bits per heavy atom. The molecule has 0 saturated carbocycles. The number of nitrogens with one attached hydrogen (secondary N) is 1. The second-order valence-corrected chi connectivity index (χ2v) is 7.76. The predicted octanol–water partition coefficient (Wildman–Crippen LogP) is 3.01. The third-order valence-electron chi connectivity index (χ3n) is 5.48. The first-order chi connectivity index (χ1) is 16.1. The lowest BCUT2D eigenvalue weighted by Gasteiger charge is -2.35. The summed E-state index contributed by atoms with van der Waals surface area (Å²) < 4.78 is 10.7. The lowest BCUT2D eigenvalue weighted by molar-refractivity contribution is -0.126. The van der Waals surface area contributed by atoms with E-state index in [4.69, 9.17) is 9.47 Å². The fourth-order valence-corrected chi connectivity index (χ4v) is 3.79. The van der Waals surface area contributed by atoms with Gasteiger partial charge in [-0.25, -0.2) is 15.0 Å². The SMILES string of the molecule is Cc1nc(Nc2ccccn2)cc(N2CCN(C(=O)/C=C/c3ccc4c(c3)OCO4)CC2)n1. The van der Waals surface area contributed by atoms with Gasteiger partial charge in [-0.2, -0.15) is 0 Å². The topological polar surface area (TPSA) is 92.7 Å². The van der Waals surface area contributed by atoms with E-state index in [1.807, 2.05) is 54.3 Å². The molecule has 5 rings (SSSR count). The lowest BCUT2D eigenvalue weighted by atomic mass is 10.2. The van der Waals surface area contributed by atoms with Crippen LogP contribution in [0.3, 0.4) is 0 Å². The molecule has 0 unspecified atom stereocenters. The van der Waals surface area contributed by atoms with Crippen LogP contribution in [0.15, 0.2) is 54.7 Å². The first kappa shape index (κ1) is 20.7. The first-order valence-electron chi connectivity index (χ1n) is 10.8. The van der Waals surface area contributed by atoms with Gasteiger partial charge < -0.3 is 24.6 Å². The zero-order valence-corrected chi connectivity index (χ0v) is 18.3. The number of rotatable bonds is 5. The van der Waals surface area contributed by atoms with Crippen LogP contribution in [0.2, 0.25) is 0 Å². The molecule has 1 fully saturated rings. The third kappa shape index (κ3) is 4.87. The van der Waals surface area contributed by atoms with Crippen LogP contribution in [0.5, 0.6) is 11.5 Å². The molecule has 9 nitrogen and oxygen atoms in total. The van der Waals surface area contributed by atoms with Crippen molar-refractivity contribution in [2.45, 2.75) is 6.92 Å². The van der Waals surface area contributed by atoms with Gasteiger partial charge in [0.2, 0.25) is 12.7 Å². The molecule has 1 amide bonds. The molecule has 168 valence electrons. The summed E-state index contributed by atoms with van der Waals surface area (Å²) in [6.07, 6.45) is 5.14. The molecule has 9 heteroatoms. The Labute approximate surface area is 191 Å². The zero-order valence-electron chi connectivity index (χ0n) is 18.3. The van der Waals surface area contributed by atoms with Crippen LogP contribution in [-0.2, 0) is 4.79 Å². The normalized spacial score (nSPS) is 15.2. The number of benzene rings is 1. The summed E-state index contributed by atoms with van der Waals surface area (Å²) in [5.41, 5.74) is 0.899. The van der Waals surface area contributed by atoms with Gasteiger partial charge in [-0.15, -0.1) is 0 Å². The molecule has 0 bridgehead atoms. The Hall–Kier alpha value is -4.14. The van der Waals surface area contributed by atoms with E-state index >= 15 is 0 Å². The molecule has 0 aliphatic carbocycles. The van der Waals surface area contributed by atoms with Crippen LogP contribution < -0.4 is 19.7 Å². The summed E-state index contributed by atoms with van der Waals surface area (Å²) in [6.45, 7) is 4.74. The summed E-state index contributed by atoms with van der Waals surface area (Å²) in [6, 6.07) is 13.2. The standard InChI is InChI=1S/C24H24N6O3/c1-17-26-22(28-21-4-2-3-9-25-21)15-23(27-17)29-10-12-30(13-11-29)24(31)8-6-18-5-7-19-20(14-18)33-16-32-19/h2-9,14-15H,10-13,16H2,1H3,(H,25,26,27,28)/b8-6+. The minimum atomic E-state index is -0.0105. The van der Waals surface area contributed by atoms with Crippen molar-refractivity contribution in [1.82, 2.24) is 19.9 Å². The highest BCUT2D eigenvalue weighted by atomic mass is 16.7. The molecule has 3 aromatic rings. The van der Waals surface area contributed by atoms with Crippen molar-refractivity contribution in [2.24, 2.45) is 0 Å². The van der Waals surface area contributed by atoms with Gasteiger partial charge in [0.25, 0.3) is 0 Å². The number of carbonyl (C=O) groups is 1. The van der Waals surface area contributed by atoms with Crippen molar-refractivity contribution in [1.29, 1.82) is 0 Å². The minimum Gasteiger partial charge on any atom is -0.454 e. The summed E-state index contributed by atoms with van der Waals surface area (Å²) >= 11 is 0. The maximum atomic E-state index is 12.7. The highest BCUT2D eigenvalue weighted by Gasteiger charge is 2.21. The Bertz CT molecular complexity index is 1180. The second kappa shape index (κ2) is 9.15. The maximum Gasteiger partial charge on any atom is 0.246 e. The number of aryl methyl sites for hydroxylation is 1. The molecule has 2 aromatic heterocycles. The number of hydrogen-bond donors (Lipinski definition) is 1. The van der Waals surface area contributed by atoms with E-state index < -0.39 is 0 Å². The predicted molar refractivity (Wildman–Crippen MR) is 125 cm³/mol. The van der Waals surface area contributed by atoms with Crippen molar-refractivity contribution in [2.75, 3.05) is 43.2 Å². The van der Waals surface area contributed by atoms with Gasteiger partial charge in [0.1, 0.15) is 23.3 Å². The number of carbonyl (C=O) groups excluding carboxylic acids is 1. The highest BCUT2D eigenvalue weighted by molar-refractivity contribution is 5.92. The van der Waals surface area contributed by atoms with Gasteiger partial charge >= 0.3 is 0 Å². The van der Waals surface area contributed by atoms with Crippen LogP contribution >= 0.6 is 0 Å². The molecule has 0 radical (unpaired) electrons. The second-order valence-electron chi connectivity index (χ2n) is 7.76. The molecule has 2 aliphatic rings. The number of hydrogen-bond acceptors (Lipinski definition) is 8. The number of amides is 1. The van der Waals surface area contributed by atoms with Gasteiger partial charge in [0.05, 0.1) is 0 Å². The monoisotopic (exact) mass is 444 g/mol. The number of anilines is 3. The summed E-state index contributed by atoms with van der Waals surface area (Å²) in [7, 11) is 0. The Morgan fingerprint density at radius 1 is 1.00 bits per heavy atom. The van der Waals surface area contributed by atoms with Crippen LogP contribution in [0.25, 0.3) is 6.08 Å². The van der Waals surface area contributed by atoms with E-state index in [1.54, 1.807) is 18.3 Å². The van der Waals surface area contributed by atoms with Crippen molar-refractivity contribution < 1.29 is 14.3 Å². The number of fused-ring (bicyclic) bond motifs is 1. The molecule has 1 N–H and O–H groups in total. The third-order valence-corrected chi connectivity index (χ3v) is 5.48. The number of ether oxygens (including phenoxy) is 2. The van der Waals surface area contributed by atoms with Crippen molar-refractivity contribution in [3.8, 4) is 11.5 Å². The van der Waals surface area contributed by atoms with E-state index in [2.05, 4.69) is 25.2 Å². The molecule has 2 aliphatic heterocycles. The van der Waals surface area contributed by atoms with Crippen LogP contribution in [0.4, 0.5) is 17.5 Å². The molecule has 4 heterocycles. The molecule has 1 aromatic carbocycles. The van der Waals surface area contributed by atoms with E-state index in [-0.39, 0.29) is 12.7 Å². The summed E-state index contributed by atoms with van der Waals surface area (Å²) in [4.78, 5) is 30.0. The largest absolute Gasteiger partial charge is 0.454 e. The minimum absolute atomic E-state index is 0.0105. The fraction of sp³-hybridized carbons (Fsp3) is 0.250. The van der Waals surface area contributed by atoms with E-state index in [0.29, 0.717) is 43.6 Å². The smallest absolute Gasteiger partial charge is 0.246 e. The van der Waals surface area contributed by atoms with Crippen molar-refractivity contribution >= 4 is 29.4 Å². The average molecular weight is 444 g/mol. The maximum absolute atomic E-state index is 12.7. The van der Waals surface area contributed by atoms with Crippen LogP contribution in [-0.4, -0.2) is 58.7 Å². The molecule has 33 heavy (non-hydrogen) atoms. The van der Waals surface area contributed by atoms with Crippen LogP contribution in [0, 0.1) is 6.92 Å². The molecule has 1 saturated heterocycles. The molecular formula is C24H24N6O3. The van der Waals surface area contributed by atoms with E-state index in [1.165, 1.54) is 0 Å². The molecule has 0 spiro atoms.